The molecule has 0 bridgehead atoms. The number of carbonyl (C=O) groups is 2. The predicted molar refractivity (Wildman–Crippen MR) is 128 cm³/mol. The minimum Gasteiger partial charge on any atom is -0.465 e. The van der Waals surface area contributed by atoms with E-state index in [0.29, 0.717) is 41.6 Å². The molecule has 32 heavy (non-hydrogen) atoms. The van der Waals surface area contributed by atoms with Crippen molar-refractivity contribution in [2.45, 2.75) is 59.8 Å². The van der Waals surface area contributed by atoms with Crippen LogP contribution in [0.15, 0.2) is 29.1 Å². The normalized spacial score (nSPS) is 13.9. The standard InChI is InChI=1S/C23H31Cl2N3O4/c1-5-7-12-32-21(30)15(3)10-11-23(4,6-2)22(31)26-19-14-20(29)28(27-19)18-13-16(24)8-9-17(18)25/h8-9,13-15,27H,5-7,10-12H2,1-4H3,(H,26,31). The highest BCUT2D eigenvalue weighted by Gasteiger charge is 2.33. The average molecular weight is 484 g/mol. The number of rotatable bonds is 11. The molecule has 2 aromatic rings. The summed E-state index contributed by atoms with van der Waals surface area (Å²) in [5.74, 6) is -0.520. The number of aromatic amines is 1. The molecular formula is C23H31Cl2N3O4. The summed E-state index contributed by atoms with van der Waals surface area (Å²) in [7, 11) is 0. The summed E-state index contributed by atoms with van der Waals surface area (Å²) in [5.41, 5.74) is -0.713. The van der Waals surface area contributed by atoms with Crippen LogP contribution in [0.3, 0.4) is 0 Å². The minimum atomic E-state index is -0.718. The summed E-state index contributed by atoms with van der Waals surface area (Å²) in [6.45, 7) is 8.04. The molecule has 1 aromatic heterocycles. The van der Waals surface area contributed by atoms with E-state index in [-0.39, 0.29) is 29.2 Å². The summed E-state index contributed by atoms with van der Waals surface area (Å²) < 4.78 is 6.50. The number of hydrogen-bond donors (Lipinski definition) is 2. The number of amides is 1. The van der Waals surface area contributed by atoms with Crippen molar-refractivity contribution >= 4 is 40.9 Å². The van der Waals surface area contributed by atoms with E-state index in [1.165, 1.54) is 10.7 Å². The lowest BCUT2D eigenvalue weighted by atomic mass is 9.80. The molecule has 0 aliphatic rings. The Morgan fingerprint density at radius 1 is 1.25 bits per heavy atom. The van der Waals surface area contributed by atoms with Crippen LogP contribution in [0.4, 0.5) is 5.82 Å². The number of aromatic nitrogens is 2. The van der Waals surface area contributed by atoms with Crippen LogP contribution in [-0.4, -0.2) is 28.3 Å². The van der Waals surface area contributed by atoms with Crippen molar-refractivity contribution in [1.82, 2.24) is 9.78 Å². The van der Waals surface area contributed by atoms with Crippen LogP contribution in [0.5, 0.6) is 0 Å². The van der Waals surface area contributed by atoms with Gasteiger partial charge in [-0.3, -0.25) is 19.5 Å². The fourth-order valence-electron chi connectivity index (χ4n) is 3.13. The summed E-state index contributed by atoms with van der Waals surface area (Å²) in [5, 5.41) is 6.42. The SMILES string of the molecule is CCCCOC(=O)C(C)CCC(C)(CC)C(=O)Nc1cc(=O)n(-c2cc(Cl)ccc2Cl)[nH]1. The van der Waals surface area contributed by atoms with Crippen LogP contribution in [0.1, 0.15) is 59.8 Å². The van der Waals surface area contributed by atoms with E-state index in [9.17, 15) is 14.4 Å². The van der Waals surface area contributed by atoms with Crippen molar-refractivity contribution in [2.75, 3.05) is 11.9 Å². The molecule has 0 spiro atoms. The number of hydrogen-bond acceptors (Lipinski definition) is 4. The zero-order valence-electron chi connectivity index (χ0n) is 19.0. The van der Waals surface area contributed by atoms with Gasteiger partial charge in [0.15, 0.2) is 0 Å². The lowest BCUT2D eigenvalue weighted by Crippen LogP contribution is -2.34. The van der Waals surface area contributed by atoms with E-state index in [4.69, 9.17) is 27.9 Å². The first-order valence-electron chi connectivity index (χ1n) is 10.9. The third kappa shape index (κ3) is 6.62. The number of benzene rings is 1. The van der Waals surface area contributed by atoms with Crippen molar-refractivity contribution < 1.29 is 14.3 Å². The molecule has 0 fully saturated rings. The Morgan fingerprint density at radius 3 is 2.62 bits per heavy atom. The highest BCUT2D eigenvalue weighted by atomic mass is 35.5. The van der Waals surface area contributed by atoms with Crippen molar-refractivity contribution in [3.63, 3.8) is 0 Å². The topological polar surface area (TPSA) is 93.2 Å². The quantitative estimate of drug-likeness (QED) is 0.321. The third-order valence-electron chi connectivity index (χ3n) is 5.72. The van der Waals surface area contributed by atoms with Crippen LogP contribution in [0.25, 0.3) is 5.69 Å². The maximum absolute atomic E-state index is 13.0. The number of anilines is 1. The molecule has 2 unspecified atom stereocenters. The number of unbranched alkanes of at least 4 members (excludes halogenated alkanes) is 1. The molecule has 1 aromatic carbocycles. The van der Waals surface area contributed by atoms with Gasteiger partial charge in [0, 0.05) is 16.5 Å². The largest absolute Gasteiger partial charge is 0.465 e. The van der Waals surface area contributed by atoms with Gasteiger partial charge in [-0.25, -0.2) is 4.68 Å². The summed E-state index contributed by atoms with van der Waals surface area (Å²) >= 11 is 12.2. The van der Waals surface area contributed by atoms with Gasteiger partial charge >= 0.3 is 5.97 Å². The van der Waals surface area contributed by atoms with Gasteiger partial charge in [0.2, 0.25) is 5.91 Å². The highest BCUT2D eigenvalue weighted by molar-refractivity contribution is 6.34. The Balaban J connectivity index is 2.07. The molecule has 9 heteroatoms. The van der Waals surface area contributed by atoms with Crippen LogP contribution in [0.2, 0.25) is 10.0 Å². The van der Waals surface area contributed by atoms with Gasteiger partial charge in [-0.05, 0) is 43.9 Å². The lowest BCUT2D eigenvalue weighted by molar-refractivity contribution is -0.148. The smallest absolute Gasteiger partial charge is 0.308 e. The molecule has 176 valence electrons. The average Bonchev–Trinajstić information content (AvgIpc) is 3.13. The van der Waals surface area contributed by atoms with Crippen LogP contribution >= 0.6 is 23.2 Å². The van der Waals surface area contributed by atoms with Crippen molar-refractivity contribution in [3.05, 3.63) is 44.7 Å². The van der Waals surface area contributed by atoms with Gasteiger partial charge in [-0.15, -0.1) is 0 Å². The van der Waals surface area contributed by atoms with Crippen molar-refractivity contribution in [2.24, 2.45) is 11.3 Å². The first-order chi connectivity index (χ1) is 15.1. The first kappa shape index (κ1) is 26.0. The molecule has 1 amide bonds. The Kier molecular flexibility index (Phi) is 9.40. The Hall–Kier alpha value is -2.25. The number of ether oxygens (including phenoxy) is 1. The minimum absolute atomic E-state index is 0.239. The van der Waals surface area contributed by atoms with Crippen LogP contribution < -0.4 is 10.9 Å². The second kappa shape index (κ2) is 11.6. The van der Waals surface area contributed by atoms with Gasteiger partial charge in [-0.2, -0.15) is 0 Å². The van der Waals surface area contributed by atoms with Gasteiger partial charge in [0.05, 0.1) is 23.2 Å². The van der Waals surface area contributed by atoms with Gasteiger partial charge in [-0.1, -0.05) is 57.3 Å². The number of H-pyrrole nitrogens is 1. The molecule has 7 nitrogen and oxygen atoms in total. The number of halogens is 2. The van der Waals surface area contributed by atoms with Gasteiger partial charge in [0.25, 0.3) is 5.56 Å². The fraction of sp³-hybridized carbons (Fsp3) is 0.522. The molecule has 0 aliphatic heterocycles. The molecule has 1 heterocycles. The number of esters is 1. The molecule has 0 saturated heterocycles. The molecule has 0 aliphatic carbocycles. The maximum atomic E-state index is 13.0. The van der Waals surface area contributed by atoms with E-state index in [0.717, 1.165) is 12.8 Å². The molecular weight excluding hydrogens is 453 g/mol. The van der Waals surface area contributed by atoms with Gasteiger partial charge < -0.3 is 10.1 Å². The fourth-order valence-corrected chi connectivity index (χ4v) is 3.50. The molecule has 0 saturated carbocycles. The number of nitrogens with one attached hydrogen (secondary N) is 2. The van der Waals surface area contributed by atoms with E-state index < -0.39 is 5.41 Å². The maximum Gasteiger partial charge on any atom is 0.308 e. The Morgan fingerprint density at radius 2 is 1.97 bits per heavy atom. The van der Waals surface area contributed by atoms with Gasteiger partial charge in [0.1, 0.15) is 5.82 Å². The summed E-state index contributed by atoms with van der Waals surface area (Å²) in [4.78, 5) is 37.6. The second-order valence-electron chi connectivity index (χ2n) is 8.27. The molecule has 2 N–H and O–H groups in total. The third-order valence-corrected chi connectivity index (χ3v) is 6.27. The van der Waals surface area contributed by atoms with E-state index in [1.54, 1.807) is 18.2 Å². The van der Waals surface area contributed by atoms with E-state index >= 15 is 0 Å². The molecule has 2 rings (SSSR count). The predicted octanol–water partition coefficient (Wildman–Crippen LogP) is 5.59. The zero-order chi connectivity index (χ0) is 23.9. The van der Waals surface area contributed by atoms with Crippen LogP contribution in [-0.2, 0) is 14.3 Å². The number of carbonyl (C=O) groups excluding carboxylic acids is 2. The molecule has 0 radical (unpaired) electrons. The first-order valence-corrected chi connectivity index (χ1v) is 11.6. The van der Waals surface area contributed by atoms with Crippen molar-refractivity contribution in [3.8, 4) is 5.69 Å². The Bertz CT molecular complexity index is 1000. The van der Waals surface area contributed by atoms with E-state index in [2.05, 4.69) is 10.4 Å². The lowest BCUT2D eigenvalue weighted by Gasteiger charge is -2.27. The number of nitrogens with zero attached hydrogens (tertiary/aromatic N) is 1. The zero-order valence-corrected chi connectivity index (χ0v) is 20.5. The highest BCUT2D eigenvalue weighted by Crippen LogP contribution is 2.31. The monoisotopic (exact) mass is 483 g/mol. The second-order valence-corrected chi connectivity index (χ2v) is 9.11. The van der Waals surface area contributed by atoms with E-state index in [1.807, 2.05) is 27.7 Å². The molecule has 2 atom stereocenters. The van der Waals surface area contributed by atoms with Crippen molar-refractivity contribution in [1.29, 1.82) is 0 Å². The van der Waals surface area contributed by atoms with Crippen LogP contribution in [0, 0.1) is 11.3 Å². The summed E-state index contributed by atoms with van der Waals surface area (Å²) in [6, 6.07) is 6.06. The Labute approximate surface area is 198 Å². The summed E-state index contributed by atoms with van der Waals surface area (Å²) in [6.07, 6.45) is 3.40.